The van der Waals surface area contributed by atoms with Crippen molar-refractivity contribution in [3.63, 3.8) is 0 Å². The molecule has 0 bridgehead atoms. The van der Waals surface area contributed by atoms with E-state index in [4.69, 9.17) is 9.72 Å². The summed E-state index contributed by atoms with van der Waals surface area (Å²) in [4.78, 5) is 18.7. The average molecular weight is 337 g/mol. The molecule has 1 saturated heterocycles. The summed E-state index contributed by atoms with van der Waals surface area (Å²) in [5.41, 5.74) is 0.694. The number of hydrogen-bond donors (Lipinski definition) is 2. The van der Waals surface area contributed by atoms with Gasteiger partial charge in [-0.05, 0) is 58.0 Å². The van der Waals surface area contributed by atoms with Gasteiger partial charge in [0.2, 0.25) is 0 Å². The first-order chi connectivity index (χ1) is 11.2. The van der Waals surface area contributed by atoms with Gasteiger partial charge < -0.3 is 15.4 Å². The summed E-state index contributed by atoms with van der Waals surface area (Å²) in [5, 5.41) is 7.57. The molecule has 5 nitrogen and oxygen atoms in total. The standard InChI is InChI=1S/C17H27N3O2S/c1-22-17(8-11-18-12-9-17)16(21)19-10-4-7-15-20-13-5-2-3-6-14(13)23-15/h18H,2-12H2,1H3,(H,19,21). The summed E-state index contributed by atoms with van der Waals surface area (Å²) < 4.78 is 5.55. The number of amides is 1. The number of carbonyl (C=O) groups is 1. The number of aryl methyl sites for hydroxylation is 3. The first-order valence-corrected chi connectivity index (χ1v) is 9.57. The highest BCUT2D eigenvalue weighted by Crippen LogP contribution is 2.27. The lowest BCUT2D eigenvalue weighted by molar-refractivity contribution is -0.146. The molecule has 1 fully saturated rings. The molecule has 0 spiro atoms. The van der Waals surface area contributed by atoms with Crippen molar-refractivity contribution in [2.24, 2.45) is 0 Å². The Bertz CT molecular complexity index is 514. The van der Waals surface area contributed by atoms with Gasteiger partial charge in [-0.1, -0.05) is 0 Å². The topological polar surface area (TPSA) is 63.2 Å². The molecular formula is C17H27N3O2S. The Morgan fingerprint density at radius 3 is 2.87 bits per heavy atom. The van der Waals surface area contributed by atoms with Gasteiger partial charge in [-0.15, -0.1) is 11.3 Å². The summed E-state index contributed by atoms with van der Waals surface area (Å²) in [5.74, 6) is 0.0416. The van der Waals surface area contributed by atoms with E-state index >= 15 is 0 Å². The Balaban J connectivity index is 1.44. The van der Waals surface area contributed by atoms with E-state index in [9.17, 15) is 4.79 Å². The van der Waals surface area contributed by atoms with Crippen LogP contribution in [0.5, 0.6) is 0 Å². The molecule has 2 aliphatic rings. The Morgan fingerprint density at radius 2 is 2.13 bits per heavy atom. The normalized spacial score (nSPS) is 20.0. The van der Waals surface area contributed by atoms with Crippen molar-refractivity contribution in [2.75, 3.05) is 26.7 Å². The highest BCUT2D eigenvalue weighted by molar-refractivity contribution is 7.11. The zero-order valence-corrected chi connectivity index (χ0v) is 14.8. The van der Waals surface area contributed by atoms with Crippen molar-refractivity contribution < 1.29 is 9.53 Å². The van der Waals surface area contributed by atoms with E-state index in [2.05, 4.69) is 10.6 Å². The molecule has 1 amide bonds. The number of fused-ring (bicyclic) bond motifs is 1. The third kappa shape index (κ3) is 3.92. The largest absolute Gasteiger partial charge is 0.368 e. The molecule has 2 heterocycles. The lowest BCUT2D eigenvalue weighted by atomic mass is 9.91. The number of aromatic nitrogens is 1. The maximum Gasteiger partial charge on any atom is 0.252 e. The number of rotatable bonds is 6. The van der Waals surface area contributed by atoms with Crippen molar-refractivity contribution in [3.05, 3.63) is 15.6 Å². The van der Waals surface area contributed by atoms with Gasteiger partial charge in [0.25, 0.3) is 5.91 Å². The van der Waals surface area contributed by atoms with Gasteiger partial charge in [0.15, 0.2) is 0 Å². The first-order valence-electron chi connectivity index (χ1n) is 8.75. The van der Waals surface area contributed by atoms with Crippen LogP contribution in [0.4, 0.5) is 0 Å². The van der Waals surface area contributed by atoms with Crippen molar-refractivity contribution in [2.45, 2.75) is 57.0 Å². The summed E-state index contributed by atoms with van der Waals surface area (Å²) >= 11 is 1.87. The quantitative estimate of drug-likeness (QED) is 0.778. The minimum atomic E-state index is -0.633. The summed E-state index contributed by atoms with van der Waals surface area (Å²) in [7, 11) is 1.64. The van der Waals surface area contributed by atoms with E-state index in [1.807, 2.05) is 11.3 Å². The lowest BCUT2D eigenvalue weighted by Gasteiger charge is -2.34. The molecule has 2 N–H and O–H groups in total. The van der Waals surface area contributed by atoms with Crippen LogP contribution in [0, 0.1) is 0 Å². The number of ether oxygens (including phenoxy) is 1. The molecule has 128 valence electrons. The molecule has 6 heteroatoms. The summed E-state index contributed by atoms with van der Waals surface area (Å²) in [6.45, 7) is 2.37. The highest BCUT2D eigenvalue weighted by Gasteiger charge is 2.39. The van der Waals surface area contributed by atoms with Crippen LogP contribution >= 0.6 is 11.3 Å². The molecule has 1 aliphatic heterocycles. The smallest absolute Gasteiger partial charge is 0.252 e. The molecule has 0 unspecified atom stereocenters. The number of nitrogens with one attached hydrogen (secondary N) is 2. The van der Waals surface area contributed by atoms with E-state index in [1.54, 1.807) is 7.11 Å². The van der Waals surface area contributed by atoms with E-state index in [0.717, 1.165) is 45.2 Å². The maximum atomic E-state index is 12.4. The molecule has 1 aliphatic carbocycles. The van der Waals surface area contributed by atoms with Gasteiger partial charge in [0.1, 0.15) is 5.60 Å². The first kappa shape index (κ1) is 16.9. The zero-order chi connectivity index (χ0) is 16.1. The second-order valence-electron chi connectivity index (χ2n) is 6.49. The fourth-order valence-corrected chi connectivity index (χ4v) is 4.67. The van der Waals surface area contributed by atoms with E-state index in [0.29, 0.717) is 6.54 Å². The summed E-state index contributed by atoms with van der Waals surface area (Å²) in [6.07, 6.45) is 8.32. The zero-order valence-electron chi connectivity index (χ0n) is 14.0. The van der Waals surface area contributed by atoms with Crippen LogP contribution in [0.2, 0.25) is 0 Å². The van der Waals surface area contributed by atoms with Gasteiger partial charge in [-0.2, -0.15) is 0 Å². The highest BCUT2D eigenvalue weighted by atomic mass is 32.1. The van der Waals surface area contributed by atoms with Gasteiger partial charge in [-0.25, -0.2) is 4.98 Å². The van der Waals surface area contributed by atoms with E-state index in [1.165, 1.54) is 34.8 Å². The molecule has 0 radical (unpaired) electrons. The molecular weight excluding hydrogens is 310 g/mol. The van der Waals surface area contributed by atoms with Crippen LogP contribution in [0.25, 0.3) is 0 Å². The molecule has 1 aromatic heterocycles. The molecule has 3 rings (SSSR count). The number of piperidine rings is 1. The fraction of sp³-hybridized carbons (Fsp3) is 0.765. The number of methoxy groups -OCH3 is 1. The Labute approximate surface area is 142 Å². The van der Waals surface area contributed by atoms with Crippen LogP contribution in [-0.2, 0) is 28.8 Å². The predicted molar refractivity (Wildman–Crippen MR) is 91.9 cm³/mol. The van der Waals surface area contributed by atoms with Gasteiger partial charge >= 0.3 is 0 Å². The number of nitrogens with zero attached hydrogens (tertiary/aromatic N) is 1. The number of hydrogen-bond acceptors (Lipinski definition) is 5. The van der Waals surface area contributed by atoms with E-state index in [-0.39, 0.29) is 5.91 Å². The second-order valence-corrected chi connectivity index (χ2v) is 7.66. The van der Waals surface area contributed by atoms with E-state index < -0.39 is 5.60 Å². The van der Waals surface area contributed by atoms with Crippen molar-refractivity contribution >= 4 is 17.2 Å². The van der Waals surface area contributed by atoms with Gasteiger partial charge in [-0.3, -0.25) is 4.79 Å². The van der Waals surface area contributed by atoms with Crippen LogP contribution in [-0.4, -0.2) is 43.2 Å². The summed E-state index contributed by atoms with van der Waals surface area (Å²) in [6, 6.07) is 0. The molecule has 0 aromatic carbocycles. The molecule has 23 heavy (non-hydrogen) atoms. The number of thiazole rings is 1. The molecule has 0 atom stereocenters. The monoisotopic (exact) mass is 337 g/mol. The van der Waals surface area contributed by atoms with Gasteiger partial charge in [0, 0.05) is 25.0 Å². The third-order valence-corrected chi connectivity index (χ3v) is 6.18. The lowest BCUT2D eigenvalue weighted by Crippen LogP contribution is -2.54. The molecule has 0 saturated carbocycles. The third-order valence-electron chi connectivity index (χ3n) is 4.96. The van der Waals surface area contributed by atoms with Crippen molar-refractivity contribution in [1.29, 1.82) is 0 Å². The van der Waals surface area contributed by atoms with Crippen molar-refractivity contribution in [1.82, 2.24) is 15.6 Å². The average Bonchev–Trinajstić information content (AvgIpc) is 3.02. The fourth-order valence-electron chi connectivity index (χ4n) is 3.47. The Hall–Kier alpha value is -0.980. The maximum absolute atomic E-state index is 12.4. The second kappa shape index (κ2) is 7.73. The van der Waals surface area contributed by atoms with Crippen LogP contribution in [0.1, 0.15) is 47.7 Å². The minimum Gasteiger partial charge on any atom is -0.368 e. The van der Waals surface area contributed by atoms with Crippen LogP contribution in [0.3, 0.4) is 0 Å². The van der Waals surface area contributed by atoms with Crippen molar-refractivity contribution in [3.8, 4) is 0 Å². The van der Waals surface area contributed by atoms with Gasteiger partial charge in [0.05, 0.1) is 10.7 Å². The molecule has 1 aromatic rings. The van der Waals surface area contributed by atoms with Crippen LogP contribution in [0.15, 0.2) is 0 Å². The predicted octanol–water partition coefficient (Wildman–Crippen LogP) is 1.84. The Kier molecular flexibility index (Phi) is 5.67. The number of carbonyl (C=O) groups excluding carboxylic acids is 1. The Morgan fingerprint density at radius 1 is 1.35 bits per heavy atom. The SMILES string of the molecule is COC1(C(=O)NCCCc2nc3c(s2)CCCC3)CCNCC1. The minimum absolute atomic E-state index is 0.0416. The van der Waals surface area contributed by atoms with Crippen LogP contribution < -0.4 is 10.6 Å².